The summed E-state index contributed by atoms with van der Waals surface area (Å²) in [6.07, 6.45) is 9.34. The Labute approximate surface area is 240 Å². The van der Waals surface area contributed by atoms with Crippen molar-refractivity contribution in [3.63, 3.8) is 0 Å². The highest BCUT2D eigenvalue weighted by molar-refractivity contribution is 6.04. The molecule has 6 heteroatoms. The number of nitrogens with one attached hydrogen (secondary N) is 1. The Morgan fingerprint density at radius 1 is 1.00 bits per heavy atom. The molecule has 1 amide bonds. The Morgan fingerprint density at radius 2 is 1.68 bits per heavy atom. The fourth-order valence-electron chi connectivity index (χ4n) is 11.3. The monoisotopic (exact) mass is 552 g/mol. The lowest BCUT2D eigenvalue weighted by atomic mass is 9.31. The van der Waals surface area contributed by atoms with Crippen molar-refractivity contribution in [2.75, 3.05) is 13.2 Å². The highest BCUT2D eigenvalue weighted by Crippen LogP contribution is 2.76. The number of nitrogens with zero attached hydrogens (tertiary/aromatic N) is 1. The molecule has 5 rings (SSSR count). The summed E-state index contributed by atoms with van der Waals surface area (Å²) in [7, 11) is 0. The zero-order valence-electron chi connectivity index (χ0n) is 25.7. The van der Waals surface area contributed by atoms with E-state index >= 15 is 0 Å². The van der Waals surface area contributed by atoms with Crippen LogP contribution in [0, 0.1) is 67.5 Å². The number of hydrogen-bond donors (Lipinski definition) is 1. The SMILES string of the molecule is CC1(C)CC[C@]2(CC(=O)NCCF)CC[C@]3(C)[C@H](C(=O)C[C@@H]4[C@@]5(C)C=C(C#N)C(=O)C(C)(C)[C@@H]5CC[C@]43C)[C@@H]2C1. The van der Waals surface area contributed by atoms with E-state index in [1.807, 2.05) is 19.9 Å². The molecule has 4 saturated carbocycles. The van der Waals surface area contributed by atoms with Crippen LogP contribution in [0.2, 0.25) is 0 Å². The lowest BCUT2D eigenvalue weighted by Gasteiger charge is -2.72. The van der Waals surface area contributed by atoms with Crippen molar-refractivity contribution in [1.82, 2.24) is 5.32 Å². The maximum Gasteiger partial charge on any atom is 0.220 e. The minimum Gasteiger partial charge on any atom is -0.353 e. The summed E-state index contributed by atoms with van der Waals surface area (Å²) in [5, 5.41) is 12.7. The molecule has 0 saturated heterocycles. The van der Waals surface area contributed by atoms with Crippen LogP contribution in [0.1, 0.15) is 106 Å². The van der Waals surface area contributed by atoms with Crippen molar-refractivity contribution in [2.45, 2.75) is 106 Å². The van der Waals surface area contributed by atoms with Crippen LogP contribution in [-0.4, -0.2) is 30.7 Å². The number of nitriles is 1. The Balaban J connectivity index is 1.58. The maximum atomic E-state index is 14.6. The van der Waals surface area contributed by atoms with Crippen molar-refractivity contribution in [1.29, 1.82) is 5.26 Å². The molecule has 0 aromatic carbocycles. The molecule has 0 aromatic rings. The second kappa shape index (κ2) is 9.23. The van der Waals surface area contributed by atoms with Gasteiger partial charge in [-0.1, -0.05) is 54.5 Å². The molecule has 0 spiro atoms. The summed E-state index contributed by atoms with van der Waals surface area (Å²) in [6, 6.07) is 2.20. The van der Waals surface area contributed by atoms with Crippen molar-refractivity contribution in [3.8, 4) is 6.07 Å². The van der Waals surface area contributed by atoms with Gasteiger partial charge in [0.2, 0.25) is 5.91 Å². The van der Waals surface area contributed by atoms with Gasteiger partial charge in [-0.3, -0.25) is 14.4 Å². The number of halogens is 1. The molecule has 0 aliphatic heterocycles. The minimum atomic E-state index is -0.640. The number of amides is 1. The normalized spacial score (nSPS) is 45.1. The summed E-state index contributed by atoms with van der Waals surface area (Å²) in [6.45, 7) is 15.0. The quantitative estimate of drug-likeness (QED) is 0.417. The predicted octanol–water partition coefficient (Wildman–Crippen LogP) is 6.76. The first-order valence-electron chi connectivity index (χ1n) is 15.5. The number of fused-ring (bicyclic) bond motifs is 7. The summed E-state index contributed by atoms with van der Waals surface area (Å²) in [4.78, 5) is 40.9. The lowest BCUT2D eigenvalue weighted by Crippen LogP contribution is -2.68. The number of hydrogen-bond acceptors (Lipinski definition) is 4. The molecule has 220 valence electrons. The van der Waals surface area contributed by atoms with E-state index in [2.05, 4.69) is 46.0 Å². The second-order valence-electron chi connectivity index (χ2n) is 16.3. The van der Waals surface area contributed by atoms with Gasteiger partial charge in [0.1, 0.15) is 18.5 Å². The Kier molecular flexibility index (Phi) is 6.80. The van der Waals surface area contributed by atoms with Crippen LogP contribution >= 0.6 is 0 Å². The van der Waals surface area contributed by atoms with Gasteiger partial charge in [-0.05, 0) is 89.8 Å². The van der Waals surface area contributed by atoms with Gasteiger partial charge in [0.05, 0.1) is 5.57 Å². The average molecular weight is 553 g/mol. The Morgan fingerprint density at radius 3 is 2.33 bits per heavy atom. The third-order valence-corrected chi connectivity index (χ3v) is 13.6. The molecule has 5 aliphatic rings. The standard InChI is InChI=1S/C34H49FN2O3/c1-29(2)10-12-34(19-26(39)37-15-14-35)13-11-33(7)27(22(34)18-29)23(38)16-25-31(5)17-21(20-36)28(40)30(3,4)24(31)8-9-32(25,33)6/h17,22,24-25,27H,8-16,18-19H2,1-7H3,(H,37,39)/t22-,24-,25+,27-,31-,32+,33+,34+/m0/s1. The first kappa shape index (κ1) is 29.5. The van der Waals surface area contributed by atoms with Gasteiger partial charge in [-0.15, -0.1) is 0 Å². The van der Waals surface area contributed by atoms with Crippen molar-refractivity contribution in [2.24, 2.45) is 56.2 Å². The van der Waals surface area contributed by atoms with Crippen LogP contribution in [0.25, 0.3) is 0 Å². The second-order valence-corrected chi connectivity index (χ2v) is 16.3. The minimum absolute atomic E-state index is 0.0434. The zero-order valence-corrected chi connectivity index (χ0v) is 25.7. The van der Waals surface area contributed by atoms with Crippen molar-refractivity contribution in [3.05, 3.63) is 11.6 Å². The molecular weight excluding hydrogens is 503 g/mol. The Hall–Kier alpha value is -2.03. The molecule has 0 heterocycles. The van der Waals surface area contributed by atoms with Gasteiger partial charge < -0.3 is 5.32 Å². The topological polar surface area (TPSA) is 87.0 Å². The number of Topliss-reactive ketones (excluding diaryl/α,β-unsaturated/α-hetero) is 2. The Bertz CT molecular complexity index is 1200. The van der Waals surface area contributed by atoms with Gasteiger partial charge in [-0.25, -0.2) is 4.39 Å². The van der Waals surface area contributed by atoms with E-state index in [-0.39, 0.29) is 69.1 Å². The van der Waals surface area contributed by atoms with E-state index in [1.54, 1.807) is 0 Å². The van der Waals surface area contributed by atoms with Gasteiger partial charge in [-0.2, -0.15) is 5.26 Å². The van der Waals surface area contributed by atoms with E-state index < -0.39 is 17.5 Å². The number of ketones is 2. The third kappa shape index (κ3) is 3.92. The van der Waals surface area contributed by atoms with Crippen LogP contribution in [-0.2, 0) is 14.4 Å². The molecule has 40 heavy (non-hydrogen) atoms. The van der Waals surface area contributed by atoms with E-state index in [1.165, 1.54) is 0 Å². The maximum absolute atomic E-state index is 14.6. The highest BCUT2D eigenvalue weighted by Gasteiger charge is 2.72. The molecule has 0 radical (unpaired) electrons. The fourth-order valence-corrected chi connectivity index (χ4v) is 11.3. The van der Waals surface area contributed by atoms with E-state index in [0.717, 1.165) is 44.9 Å². The molecule has 1 N–H and O–H groups in total. The molecule has 8 atom stereocenters. The number of alkyl halides is 1. The average Bonchev–Trinajstić information content (AvgIpc) is 2.87. The third-order valence-electron chi connectivity index (χ3n) is 13.6. The van der Waals surface area contributed by atoms with Crippen LogP contribution in [0.5, 0.6) is 0 Å². The summed E-state index contributed by atoms with van der Waals surface area (Å²) in [5.74, 6) is 0.306. The van der Waals surface area contributed by atoms with Crippen LogP contribution in [0.4, 0.5) is 4.39 Å². The first-order valence-corrected chi connectivity index (χ1v) is 15.5. The zero-order chi connectivity index (χ0) is 29.5. The van der Waals surface area contributed by atoms with E-state index in [0.29, 0.717) is 18.6 Å². The van der Waals surface area contributed by atoms with Crippen LogP contribution in [0.15, 0.2) is 11.6 Å². The van der Waals surface area contributed by atoms with Gasteiger partial charge in [0.25, 0.3) is 0 Å². The van der Waals surface area contributed by atoms with Crippen LogP contribution in [0.3, 0.4) is 0 Å². The summed E-state index contributed by atoms with van der Waals surface area (Å²) in [5.41, 5.74) is -1.29. The van der Waals surface area contributed by atoms with Crippen LogP contribution < -0.4 is 5.32 Å². The number of carbonyl (C=O) groups is 3. The van der Waals surface area contributed by atoms with Gasteiger partial charge in [0.15, 0.2) is 5.78 Å². The number of carbonyl (C=O) groups excluding carboxylic acids is 3. The molecular formula is C34H49FN2O3. The summed E-state index contributed by atoms with van der Waals surface area (Å²) >= 11 is 0. The molecule has 0 unspecified atom stereocenters. The molecule has 4 fully saturated rings. The summed E-state index contributed by atoms with van der Waals surface area (Å²) < 4.78 is 12.9. The van der Waals surface area contributed by atoms with Crippen molar-refractivity contribution >= 4 is 17.5 Å². The molecule has 0 aromatic heterocycles. The van der Waals surface area contributed by atoms with E-state index in [4.69, 9.17) is 0 Å². The van der Waals surface area contributed by atoms with E-state index in [9.17, 15) is 24.0 Å². The molecule has 5 aliphatic carbocycles. The highest BCUT2D eigenvalue weighted by atomic mass is 19.1. The predicted molar refractivity (Wildman–Crippen MR) is 153 cm³/mol. The molecule has 0 bridgehead atoms. The number of rotatable bonds is 4. The fraction of sp³-hybridized carbons (Fsp3) is 0.824. The first-order chi connectivity index (χ1) is 18.5. The molecule has 5 nitrogen and oxygen atoms in total. The van der Waals surface area contributed by atoms with Gasteiger partial charge >= 0.3 is 0 Å². The largest absolute Gasteiger partial charge is 0.353 e. The lowest BCUT2D eigenvalue weighted by molar-refractivity contribution is -0.223. The smallest absolute Gasteiger partial charge is 0.220 e. The van der Waals surface area contributed by atoms with Gasteiger partial charge in [0, 0.05) is 30.7 Å². The van der Waals surface area contributed by atoms with Crippen molar-refractivity contribution < 1.29 is 18.8 Å². The number of allylic oxidation sites excluding steroid dienone is 2.